The molecule has 0 unspecified atom stereocenters. The summed E-state index contributed by atoms with van der Waals surface area (Å²) in [7, 11) is -1.43. The highest BCUT2D eigenvalue weighted by Crippen LogP contribution is 2.27. The van der Waals surface area contributed by atoms with E-state index in [0.29, 0.717) is 29.4 Å². The van der Waals surface area contributed by atoms with Crippen molar-refractivity contribution in [3.05, 3.63) is 83.9 Å². The van der Waals surface area contributed by atoms with Gasteiger partial charge in [0.15, 0.2) is 23.2 Å². The van der Waals surface area contributed by atoms with Gasteiger partial charge in [-0.25, -0.2) is 18.7 Å². The Kier molecular flexibility index (Phi) is 5.74. The Bertz CT molecular complexity index is 1540. The van der Waals surface area contributed by atoms with E-state index in [-0.39, 0.29) is 11.4 Å². The minimum atomic E-state index is -1.43. The fraction of sp³-hybridized carbons (Fsp3) is 0.154. The van der Waals surface area contributed by atoms with E-state index in [9.17, 15) is 8.78 Å². The van der Waals surface area contributed by atoms with Crippen LogP contribution in [0.5, 0.6) is 0 Å². The maximum atomic E-state index is 14.1. The molecule has 3 aromatic rings. The predicted octanol–water partition coefficient (Wildman–Crippen LogP) is 5.66. The van der Waals surface area contributed by atoms with Crippen molar-refractivity contribution in [3.63, 3.8) is 0 Å². The van der Waals surface area contributed by atoms with Gasteiger partial charge in [0, 0.05) is 17.2 Å². The fourth-order valence-corrected chi connectivity index (χ4v) is 3.93. The summed E-state index contributed by atoms with van der Waals surface area (Å²) in [6.45, 7) is 6.95. The van der Waals surface area contributed by atoms with Crippen molar-refractivity contribution in [2.45, 2.75) is 26.2 Å². The van der Waals surface area contributed by atoms with Crippen LogP contribution in [0.4, 0.5) is 8.78 Å². The Labute approximate surface area is 202 Å². The number of rotatable bonds is 4. The van der Waals surface area contributed by atoms with E-state index in [0.717, 1.165) is 17.2 Å². The summed E-state index contributed by atoms with van der Waals surface area (Å²) in [6, 6.07) is 13.7. The smallest absolute Gasteiger partial charge is 0.169 e. The van der Waals surface area contributed by atoms with Crippen molar-refractivity contribution in [1.29, 1.82) is 0 Å². The molecule has 0 saturated heterocycles. The highest BCUT2D eigenvalue weighted by atomic mass is 28.3. The van der Waals surface area contributed by atoms with Gasteiger partial charge in [0.25, 0.3) is 0 Å². The van der Waals surface area contributed by atoms with Gasteiger partial charge in [-0.05, 0) is 24.3 Å². The van der Waals surface area contributed by atoms with Crippen molar-refractivity contribution >= 4 is 8.07 Å². The first-order chi connectivity index (χ1) is 16.7. The number of halogens is 2. The van der Waals surface area contributed by atoms with E-state index in [1.54, 1.807) is 10.9 Å². The average Bonchev–Trinajstić information content (AvgIpc) is 3.46. The van der Waals surface area contributed by atoms with Crippen molar-refractivity contribution in [2.75, 3.05) is 0 Å². The van der Waals surface area contributed by atoms with Crippen molar-refractivity contribution in [2.24, 2.45) is 0 Å². The summed E-state index contributed by atoms with van der Waals surface area (Å²) in [5.41, 5.74) is 6.96. The lowest BCUT2D eigenvalue weighted by Gasteiger charge is -2.03. The topological polar surface area (TPSA) is 69.6 Å². The number of imidazole rings is 1. The van der Waals surface area contributed by atoms with E-state index >= 15 is 0 Å². The van der Waals surface area contributed by atoms with E-state index < -0.39 is 19.7 Å². The molecule has 0 radical (unpaired) electrons. The molecule has 0 fully saturated rings. The van der Waals surface area contributed by atoms with Gasteiger partial charge in [-0.15, -0.1) is 5.54 Å². The first kappa shape index (κ1) is 22.6. The van der Waals surface area contributed by atoms with Crippen LogP contribution >= 0.6 is 0 Å². The third-order valence-corrected chi connectivity index (χ3v) is 6.02. The van der Waals surface area contributed by atoms with Gasteiger partial charge in [0.1, 0.15) is 31.7 Å². The first-order valence-electron chi connectivity index (χ1n) is 11.0. The van der Waals surface area contributed by atoms with Gasteiger partial charge < -0.3 is 4.52 Å². The molecule has 6 nitrogen and oxygen atoms in total. The molecular weight excluding hydrogens is 464 g/mol. The molecule has 0 atom stereocenters. The zero-order valence-corrected chi connectivity index (χ0v) is 20.4. The van der Waals surface area contributed by atoms with Crippen molar-refractivity contribution in [3.8, 4) is 45.5 Å². The molecule has 9 heteroatoms. The van der Waals surface area contributed by atoms with Crippen LogP contribution in [-0.4, -0.2) is 33.0 Å². The molecule has 174 valence electrons. The second-order valence-corrected chi connectivity index (χ2v) is 13.9. The second-order valence-electron chi connectivity index (χ2n) is 9.15. The molecule has 0 N–H and O–H groups in total. The van der Waals surface area contributed by atoms with Crippen LogP contribution in [0.3, 0.4) is 0 Å². The summed E-state index contributed by atoms with van der Waals surface area (Å²) >= 11 is 0. The fourth-order valence-electron chi connectivity index (χ4n) is 3.41. The van der Waals surface area contributed by atoms with Crippen LogP contribution in [0.15, 0.2) is 65.4 Å². The molecule has 3 heterocycles. The monoisotopic (exact) mass is 485 g/mol. The molecule has 35 heavy (non-hydrogen) atoms. The van der Waals surface area contributed by atoms with Gasteiger partial charge in [-0.1, -0.05) is 48.9 Å². The molecular formula is C26H21F2N5OSi. The number of nitrogens with zero attached hydrogens (tertiary/aromatic N) is 5. The summed E-state index contributed by atoms with van der Waals surface area (Å²) in [4.78, 5) is 8.62. The second kappa shape index (κ2) is 8.89. The van der Waals surface area contributed by atoms with Gasteiger partial charge in [-0.3, -0.25) is 4.68 Å². The molecule has 1 aromatic heterocycles. The summed E-state index contributed by atoms with van der Waals surface area (Å²) in [5, 5.41) is 8.50. The Morgan fingerprint density at radius 1 is 0.971 bits per heavy atom. The van der Waals surface area contributed by atoms with E-state index in [1.807, 2.05) is 30.3 Å². The van der Waals surface area contributed by atoms with Gasteiger partial charge in [0.05, 0.1) is 18.0 Å². The molecule has 0 amide bonds. The van der Waals surface area contributed by atoms with Gasteiger partial charge in [-0.2, -0.15) is 5.10 Å². The standard InChI is InChI=1S/C26H21F2N5OSi/c1-35(2,3)12-11-17-7-9-18(10-8-17)22-13-19(34-32-22)15-33-16-24-23(14-29-33)30-26(31-24)20-5-4-6-21(27)25(20)28/h4-10,13-14,16H,15H2,1-3H3. The number of fused-ring (bicyclic) bond motifs is 1. The summed E-state index contributed by atoms with van der Waals surface area (Å²) in [6.07, 6.45) is 3.21. The number of aromatic nitrogens is 5. The number of hydrogen-bond acceptors (Lipinski definition) is 5. The summed E-state index contributed by atoms with van der Waals surface area (Å²) < 4.78 is 34.8. The lowest BCUT2D eigenvalue weighted by atomic mass is 10.1. The third-order valence-electron chi connectivity index (χ3n) is 5.15. The molecule has 0 saturated carbocycles. The molecule has 5 rings (SSSR count). The average molecular weight is 486 g/mol. The lowest BCUT2D eigenvalue weighted by molar-refractivity contribution is 0.372. The first-order valence-corrected chi connectivity index (χ1v) is 14.5. The van der Waals surface area contributed by atoms with Crippen LogP contribution in [0.2, 0.25) is 19.6 Å². The van der Waals surface area contributed by atoms with Crippen LogP contribution < -0.4 is 0 Å². The Morgan fingerprint density at radius 3 is 2.51 bits per heavy atom. The maximum Gasteiger partial charge on any atom is 0.169 e. The minimum absolute atomic E-state index is 0.00473. The molecule has 0 bridgehead atoms. The molecule has 2 aromatic carbocycles. The van der Waals surface area contributed by atoms with Crippen LogP contribution in [0.25, 0.3) is 34.0 Å². The van der Waals surface area contributed by atoms with E-state index in [4.69, 9.17) is 4.52 Å². The zero-order valence-electron chi connectivity index (χ0n) is 19.4. The lowest BCUT2D eigenvalue weighted by Crippen LogP contribution is -2.16. The Hall–Kier alpha value is -4.16. The normalized spacial score (nSPS) is 11.5. The largest absolute Gasteiger partial charge is 0.359 e. The van der Waals surface area contributed by atoms with Crippen LogP contribution in [-0.2, 0) is 6.54 Å². The zero-order chi connectivity index (χ0) is 24.6. The number of hydrogen-bond donors (Lipinski definition) is 0. The van der Waals surface area contributed by atoms with Gasteiger partial charge >= 0.3 is 0 Å². The Morgan fingerprint density at radius 2 is 1.74 bits per heavy atom. The SMILES string of the molecule is C[Si](C)(C)C#Cc1ccc(-c2cc(Cn3cc4nc(-c5cccc(F)c5F)nc-4cn3)on2)cc1. The van der Waals surface area contributed by atoms with E-state index in [1.165, 1.54) is 18.3 Å². The third kappa shape index (κ3) is 5.02. The Balaban J connectivity index is 1.34. The predicted molar refractivity (Wildman–Crippen MR) is 131 cm³/mol. The molecule has 0 spiro atoms. The number of benzene rings is 2. The van der Waals surface area contributed by atoms with Crippen LogP contribution in [0.1, 0.15) is 11.3 Å². The van der Waals surface area contributed by atoms with Gasteiger partial charge in [0.2, 0.25) is 0 Å². The van der Waals surface area contributed by atoms with Crippen molar-refractivity contribution < 1.29 is 13.3 Å². The minimum Gasteiger partial charge on any atom is -0.359 e. The van der Waals surface area contributed by atoms with Crippen LogP contribution in [0, 0.1) is 23.1 Å². The summed E-state index contributed by atoms with van der Waals surface area (Å²) in [5.74, 6) is 2.03. The molecule has 2 aliphatic rings. The molecule has 0 aliphatic carbocycles. The highest BCUT2D eigenvalue weighted by Gasteiger charge is 2.18. The quantitative estimate of drug-likeness (QED) is 0.243. The maximum absolute atomic E-state index is 14.1. The molecule has 2 aliphatic heterocycles. The van der Waals surface area contributed by atoms with E-state index in [2.05, 4.69) is 51.3 Å². The van der Waals surface area contributed by atoms with Crippen molar-refractivity contribution in [1.82, 2.24) is 24.9 Å². The highest BCUT2D eigenvalue weighted by molar-refractivity contribution is 6.83.